The van der Waals surface area contributed by atoms with Crippen LogP contribution in [0.4, 0.5) is 5.69 Å². The van der Waals surface area contributed by atoms with Crippen LogP contribution in [0, 0.1) is 12.8 Å². The quantitative estimate of drug-likeness (QED) is 0.826. The highest BCUT2D eigenvalue weighted by Crippen LogP contribution is 2.16. The Morgan fingerprint density at radius 2 is 1.75 bits per heavy atom. The molecule has 2 heteroatoms. The van der Waals surface area contributed by atoms with Crippen LogP contribution >= 0.6 is 0 Å². The van der Waals surface area contributed by atoms with Crippen LogP contribution < -0.4 is 4.90 Å². The second kappa shape index (κ2) is 5.90. The third kappa shape index (κ3) is 3.53. The SMILES string of the molecule is CCN(CC(O)C(C)C)c1ccc(C)cc1. The molecule has 16 heavy (non-hydrogen) atoms. The molecule has 0 aromatic heterocycles. The van der Waals surface area contributed by atoms with E-state index in [1.54, 1.807) is 0 Å². The van der Waals surface area contributed by atoms with E-state index < -0.39 is 0 Å². The molecule has 90 valence electrons. The summed E-state index contributed by atoms with van der Waals surface area (Å²) in [5, 5.41) is 9.90. The zero-order chi connectivity index (χ0) is 12.1. The molecule has 1 unspecified atom stereocenters. The normalized spacial score (nSPS) is 12.9. The maximum Gasteiger partial charge on any atom is 0.0737 e. The molecule has 1 aromatic rings. The van der Waals surface area contributed by atoms with Gasteiger partial charge >= 0.3 is 0 Å². The summed E-state index contributed by atoms with van der Waals surface area (Å²) in [4.78, 5) is 2.21. The molecule has 0 heterocycles. The summed E-state index contributed by atoms with van der Waals surface area (Å²) in [7, 11) is 0. The zero-order valence-electron chi connectivity index (χ0n) is 10.8. The van der Waals surface area contributed by atoms with Gasteiger partial charge in [0.1, 0.15) is 0 Å². The van der Waals surface area contributed by atoms with Crippen LogP contribution in [0.25, 0.3) is 0 Å². The molecule has 0 fully saturated rings. The van der Waals surface area contributed by atoms with Crippen LogP contribution in [0.1, 0.15) is 26.3 Å². The average molecular weight is 221 g/mol. The fourth-order valence-corrected chi connectivity index (χ4v) is 1.61. The largest absolute Gasteiger partial charge is 0.391 e. The monoisotopic (exact) mass is 221 g/mol. The molecule has 1 aromatic carbocycles. The summed E-state index contributed by atoms with van der Waals surface area (Å²) in [5.41, 5.74) is 2.46. The maximum absolute atomic E-state index is 9.90. The maximum atomic E-state index is 9.90. The van der Waals surface area contributed by atoms with Crippen molar-refractivity contribution < 1.29 is 5.11 Å². The van der Waals surface area contributed by atoms with Crippen molar-refractivity contribution in [1.82, 2.24) is 0 Å². The van der Waals surface area contributed by atoms with Gasteiger partial charge in [-0.05, 0) is 31.9 Å². The first-order chi connectivity index (χ1) is 7.54. The summed E-state index contributed by atoms with van der Waals surface area (Å²) in [5.74, 6) is 0.305. The van der Waals surface area contributed by atoms with E-state index in [2.05, 4.69) is 43.0 Å². The molecule has 0 spiro atoms. The van der Waals surface area contributed by atoms with Gasteiger partial charge in [-0.25, -0.2) is 0 Å². The lowest BCUT2D eigenvalue weighted by Gasteiger charge is -2.27. The van der Waals surface area contributed by atoms with E-state index >= 15 is 0 Å². The lowest BCUT2D eigenvalue weighted by atomic mass is 10.1. The topological polar surface area (TPSA) is 23.5 Å². The smallest absolute Gasteiger partial charge is 0.0737 e. The van der Waals surface area contributed by atoms with Gasteiger partial charge in [-0.1, -0.05) is 31.5 Å². The Morgan fingerprint density at radius 1 is 1.19 bits per heavy atom. The summed E-state index contributed by atoms with van der Waals surface area (Å²) >= 11 is 0. The molecule has 0 aliphatic heterocycles. The predicted molar refractivity (Wildman–Crippen MR) is 69.9 cm³/mol. The molecule has 0 radical (unpaired) electrons. The molecule has 0 aliphatic rings. The number of hydrogen-bond donors (Lipinski definition) is 1. The molecule has 0 amide bonds. The van der Waals surface area contributed by atoms with Crippen molar-refractivity contribution in [2.24, 2.45) is 5.92 Å². The number of likely N-dealkylation sites (N-methyl/N-ethyl adjacent to an activating group) is 1. The highest BCUT2D eigenvalue weighted by molar-refractivity contribution is 5.47. The minimum atomic E-state index is -0.263. The highest BCUT2D eigenvalue weighted by atomic mass is 16.3. The van der Waals surface area contributed by atoms with Crippen molar-refractivity contribution in [1.29, 1.82) is 0 Å². The Labute approximate surface area is 98.9 Å². The van der Waals surface area contributed by atoms with Gasteiger partial charge < -0.3 is 10.0 Å². The van der Waals surface area contributed by atoms with Gasteiger partial charge in [-0.15, -0.1) is 0 Å². The molecule has 2 nitrogen and oxygen atoms in total. The Hall–Kier alpha value is -1.02. The molecule has 0 bridgehead atoms. The highest BCUT2D eigenvalue weighted by Gasteiger charge is 2.13. The van der Waals surface area contributed by atoms with Crippen LogP contribution in [0.3, 0.4) is 0 Å². The molecule has 0 saturated carbocycles. The molecule has 1 N–H and O–H groups in total. The summed E-state index contributed by atoms with van der Waals surface area (Å²) in [6.07, 6.45) is -0.263. The van der Waals surface area contributed by atoms with E-state index in [1.165, 1.54) is 11.3 Å². The van der Waals surface area contributed by atoms with E-state index in [0.29, 0.717) is 12.5 Å². The van der Waals surface area contributed by atoms with Gasteiger partial charge in [-0.2, -0.15) is 0 Å². The summed E-state index contributed by atoms with van der Waals surface area (Å²) in [6.45, 7) is 9.93. The lowest BCUT2D eigenvalue weighted by Crippen LogP contribution is -2.35. The van der Waals surface area contributed by atoms with Gasteiger partial charge in [0.15, 0.2) is 0 Å². The van der Waals surface area contributed by atoms with Crippen LogP contribution in [-0.4, -0.2) is 24.3 Å². The van der Waals surface area contributed by atoms with Crippen molar-refractivity contribution in [3.05, 3.63) is 29.8 Å². The standard InChI is InChI=1S/C14H23NO/c1-5-15(10-14(16)11(2)3)13-8-6-12(4)7-9-13/h6-9,11,14,16H,5,10H2,1-4H3. The molecule has 0 aliphatic carbocycles. The lowest BCUT2D eigenvalue weighted by molar-refractivity contribution is 0.131. The van der Waals surface area contributed by atoms with Crippen molar-refractivity contribution in [3.8, 4) is 0 Å². The Kier molecular flexibility index (Phi) is 4.81. The van der Waals surface area contributed by atoms with E-state index in [4.69, 9.17) is 0 Å². The first-order valence-corrected chi connectivity index (χ1v) is 6.04. The summed E-state index contributed by atoms with van der Waals surface area (Å²) < 4.78 is 0. The van der Waals surface area contributed by atoms with E-state index in [-0.39, 0.29) is 6.10 Å². The Morgan fingerprint density at radius 3 is 2.19 bits per heavy atom. The Bertz CT molecular complexity index is 305. The molecular formula is C14H23NO. The zero-order valence-corrected chi connectivity index (χ0v) is 10.8. The van der Waals surface area contributed by atoms with Crippen LogP contribution in [0.2, 0.25) is 0 Å². The van der Waals surface area contributed by atoms with Crippen molar-refractivity contribution in [2.75, 3.05) is 18.0 Å². The van der Waals surface area contributed by atoms with Crippen LogP contribution in [0.15, 0.2) is 24.3 Å². The third-order valence-corrected chi connectivity index (χ3v) is 2.96. The number of hydrogen-bond acceptors (Lipinski definition) is 2. The summed E-state index contributed by atoms with van der Waals surface area (Å²) in [6, 6.07) is 8.46. The average Bonchev–Trinajstić information content (AvgIpc) is 2.26. The first-order valence-electron chi connectivity index (χ1n) is 6.04. The minimum absolute atomic E-state index is 0.263. The van der Waals surface area contributed by atoms with Crippen molar-refractivity contribution >= 4 is 5.69 Å². The molecule has 1 rings (SSSR count). The number of nitrogens with zero attached hydrogens (tertiary/aromatic N) is 1. The van der Waals surface area contributed by atoms with Gasteiger partial charge in [0, 0.05) is 18.8 Å². The van der Waals surface area contributed by atoms with Gasteiger partial charge in [0.25, 0.3) is 0 Å². The fraction of sp³-hybridized carbons (Fsp3) is 0.571. The minimum Gasteiger partial charge on any atom is -0.391 e. The number of aliphatic hydroxyl groups excluding tert-OH is 1. The Balaban J connectivity index is 2.70. The second-order valence-electron chi connectivity index (χ2n) is 4.69. The van der Waals surface area contributed by atoms with Crippen molar-refractivity contribution in [3.63, 3.8) is 0 Å². The van der Waals surface area contributed by atoms with Crippen LogP contribution in [0.5, 0.6) is 0 Å². The van der Waals surface area contributed by atoms with Gasteiger partial charge in [0.2, 0.25) is 0 Å². The van der Waals surface area contributed by atoms with Gasteiger partial charge in [0.05, 0.1) is 6.10 Å². The number of anilines is 1. The van der Waals surface area contributed by atoms with Gasteiger partial charge in [-0.3, -0.25) is 0 Å². The number of aryl methyl sites for hydroxylation is 1. The number of benzene rings is 1. The fourth-order valence-electron chi connectivity index (χ4n) is 1.61. The van der Waals surface area contributed by atoms with E-state index in [9.17, 15) is 5.11 Å². The second-order valence-corrected chi connectivity index (χ2v) is 4.69. The predicted octanol–water partition coefficient (Wildman–Crippen LogP) is 2.84. The number of aliphatic hydroxyl groups is 1. The van der Waals surface area contributed by atoms with Crippen molar-refractivity contribution in [2.45, 2.75) is 33.8 Å². The first kappa shape index (κ1) is 13.0. The molecule has 1 atom stereocenters. The van der Waals surface area contributed by atoms with E-state index in [0.717, 1.165) is 6.54 Å². The van der Waals surface area contributed by atoms with Crippen LogP contribution in [-0.2, 0) is 0 Å². The number of rotatable bonds is 5. The third-order valence-electron chi connectivity index (χ3n) is 2.96. The van der Waals surface area contributed by atoms with E-state index in [1.807, 2.05) is 13.8 Å². The molecular weight excluding hydrogens is 198 g/mol. The molecule has 0 saturated heterocycles.